The molecular weight excluding hydrogens is 340 g/mol. The zero-order valence-corrected chi connectivity index (χ0v) is 15.8. The highest BCUT2D eigenvalue weighted by atomic mass is 32.2. The van der Waals surface area contributed by atoms with Crippen molar-refractivity contribution in [2.24, 2.45) is 5.41 Å². The Bertz CT molecular complexity index is 769. The molecule has 1 aliphatic carbocycles. The Kier molecular flexibility index (Phi) is 4.92. The second-order valence-electron chi connectivity index (χ2n) is 7.67. The van der Waals surface area contributed by atoms with Crippen molar-refractivity contribution in [2.75, 3.05) is 11.9 Å². The summed E-state index contributed by atoms with van der Waals surface area (Å²) < 4.78 is 33.3. The molecule has 2 N–H and O–H groups in total. The molecule has 2 aliphatic rings. The van der Waals surface area contributed by atoms with E-state index in [0.29, 0.717) is 17.9 Å². The van der Waals surface area contributed by atoms with Gasteiger partial charge in [0, 0.05) is 18.3 Å². The van der Waals surface area contributed by atoms with Crippen LogP contribution in [0.25, 0.3) is 0 Å². The number of hydrogen-bond acceptors (Lipinski definition) is 4. The van der Waals surface area contributed by atoms with Crippen molar-refractivity contribution in [1.29, 1.82) is 0 Å². The first-order valence-corrected chi connectivity index (χ1v) is 10.2. The lowest BCUT2D eigenvalue weighted by molar-refractivity contribution is -0.119. The maximum absolute atomic E-state index is 12.5. The zero-order chi connectivity index (χ0) is 18.2. The van der Waals surface area contributed by atoms with Crippen LogP contribution < -0.4 is 10.0 Å². The van der Waals surface area contributed by atoms with Gasteiger partial charge < -0.3 is 10.1 Å². The minimum Gasteiger partial charge on any atom is -0.377 e. The van der Waals surface area contributed by atoms with E-state index in [1.807, 2.05) is 0 Å². The average molecular weight is 366 g/mol. The molecule has 0 aromatic heterocycles. The van der Waals surface area contributed by atoms with E-state index in [0.717, 1.165) is 19.3 Å². The van der Waals surface area contributed by atoms with Gasteiger partial charge in [-0.1, -0.05) is 19.9 Å². The fourth-order valence-electron chi connectivity index (χ4n) is 3.08. The third-order valence-electron chi connectivity index (χ3n) is 5.05. The number of ether oxygens (including phenoxy) is 1. The van der Waals surface area contributed by atoms with Gasteiger partial charge in [0.15, 0.2) is 0 Å². The Balaban J connectivity index is 1.72. The van der Waals surface area contributed by atoms with Crippen LogP contribution in [-0.2, 0) is 19.6 Å². The Labute approximate surface area is 149 Å². The summed E-state index contributed by atoms with van der Waals surface area (Å²) in [6.07, 6.45) is 2.85. The lowest BCUT2D eigenvalue weighted by Gasteiger charge is -2.24. The number of rotatable bonds is 6. The van der Waals surface area contributed by atoms with Crippen molar-refractivity contribution in [2.45, 2.75) is 63.5 Å². The van der Waals surface area contributed by atoms with Crippen LogP contribution in [0.2, 0.25) is 0 Å². The van der Waals surface area contributed by atoms with Crippen molar-refractivity contribution in [3.8, 4) is 0 Å². The van der Waals surface area contributed by atoms with Crippen LogP contribution in [0.3, 0.4) is 0 Å². The fourth-order valence-corrected chi connectivity index (χ4v) is 4.65. The second-order valence-corrected chi connectivity index (χ2v) is 9.36. The van der Waals surface area contributed by atoms with E-state index >= 15 is 0 Å². The van der Waals surface area contributed by atoms with Gasteiger partial charge in [-0.2, -0.15) is 0 Å². The molecule has 25 heavy (non-hydrogen) atoms. The Hall–Kier alpha value is -1.44. The zero-order valence-electron chi connectivity index (χ0n) is 15.0. The topological polar surface area (TPSA) is 84.5 Å². The van der Waals surface area contributed by atoms with Crippen LogP contribution >= 0.6 is 0 Å². The number of carbonyl (C=O) groups excluding carboxylic acids is 1. The molecule has 1 saturated carbocycles. The summed E-state index contributed by atoms with van der Waals surface area (Å²) in [6, 6.07) is 4.99. The number of amides is 1. The molecule has 1 atom stereocenters. The molecule has 0 spiro atoms. The molecule has 138 valence electrons. The lowest BCUT2D eigenvalue weighted by Crippen LogP contribution is -2.30. The molecular formula is C18H26N2O4S. The van der Waals surface area contributed by atoms with E-state index in [1.54, 1.807) is 25.1 Å². The molecule has 1 saturated heterocycles. The van der Waals surface area contributed by atoms with E-state index in [1.165, 1.54) is 0 Å². The molecule has 3 rings (SSSR count). The Morgan fingerprint density at radius 3 is 2.64 bits per heavy atom. The number of carbonyl (C=O) groups is 1. The molecule has 6 nitrogen and oxygen atoms in total. The molecule has 1 aromatic carbocycles. The normalized spacial score (nSPS) is 22.8. The van der Waals surface area contributed by atoms with Gasteiger partial charge in [-0.05, 0) is 49.3 Å². The molecule has 2 fully saturated rings. The van der Waals surface area contributed by atoms with Gasteiger partial charge >= 0.3 is 0 Å². The quantitative estimate of drug-likeness (QED) is 0.810. The average Bonchev–Trinajstić information content (AvgIpc) is 3.24. The predicted molar refractivity (Wildman–Crippen MR) is 95.9 cm³/mol. The van der Waals surface area contributed by atoms with E-state index in [-0.39, 0.29) is 34.8 Å². The monoisotopic (exact) mass is 366 g/mol. The highest BCUT2D eigenvalue weighted by Gasteiger charge is 2.37. The van der Waals surface area contributed by atoms with Gasteiger partial charge in [-0.15, -0.1) is 0 Å². The standard InChI is InChI=1S/C18H26N2O4S/c1-12-14(19-17(21)11-16-18(2,3)9-10-24-16)5-4-6-15(12)25(22,23)20-13-7-8-13/h4-6,13,16,20H,7-11H2,1-3H3,(H,19,21). The van der Waals surface area contributed by atoms with Gasteiger partial charge in [-0.25, -0.2) is 13.1 Å². The van der Waals surface area contributed by atoms with E-state index < -0.39 is 10.0 Å². The van der Waals surface area contributed by atoms with Crippen LogP contribution in [0, 0.1) is 12.3 Å². The summed E-state index contributed by atoms with van der Waals surface area (Å²) in [7, 11) is -3.55. The molecule has 7 heteroatoms. The number of nitrogens with one attached hydrogen (secondary N) is 2. The number of hydrogen-bond donors (Lipinski definition) is 2. The Morgan fingerprint density at radius 1 is 1.32 bits per heavy atom. The van der Waals surface area contributed by atoms with Gasteiger partial charge in [0.25, 0.3) is 0 Å². The molecule has 0 bridgehead atoms. The predicted octanol–water partition coefficient (Wildman–Crippen LogP) is 2.58. The van der Waals surface area contributed by atoms with Crippen molar-refractivity contribution in [3.63, 3.8) is 0 Å². The molecule has 1 unspecified atom stereocenters. The SMILES string of the molecule is Cc1c(NC(=O)CC2OCCC2(C)C)cccc1S(=O)(=O)NC1CC1. The van der Waals surface area contributed by atoms with Crippen LogP contribution in [0.5, 0.6) is 0 Å². The smallest absolute Gasteiger partial charge is 0.241 e. The highest BCUT2D eigenvalue weighted by molar-refractivity contribution is 7.89. The number of anilines is 1. The second kappa shape index (κ2) is 6.70. The van der Waals surface area contributed by atoms with Gasteiger partial charge in [-0.3, -0.25) is 4.79 Å². The van der Waals surface area contributed by atoms with Gasteiger partial charge in [0.2, 0.25) is 15.9 Å². The third-order valence-corrected chi connectivity index (χ3v) is 6.72. The summed E-state index contributed by atoms with van der Waals surface area (Å²) >= 11 is 0. The summed E-state index contributed by atoms with van der Waals surface area (Å²) in [4.78, 5) is 12.6. The third kappa shape index (κ3) is 4.22. The molecule has 1 aromatic rings. The van der Waals surface area contributed by atoms with Crippen molar-refractivity contribution >= 4 is 21.6 Å². The maximum Gasteiger partial charge on any atom is 0.241 e. The van der Waals surface area contributed by atoms with Gasteiger partial charge in [0.05, 0.1) is 17.4 Å². The summed E-state index contributed by atoms with van der Waals surface area (Å²) in [5.74, 6) is -0.159. The summed E-state index contributed by atoms with van der Waals surface area (Å²) in [5.41, 5.74) is 1.06. The first kappa shape index (κ1) is 18.4. The van der Waals surface area contributed by atoms with Crippen LogP contribution in [0.4, 0.5) is 5.69 Å². The minimum atomic E-state index is -3.55. The number of sulfonamides is 1. The van der Waals surface area contributed by atoms with Crippen LogP contribution in [0.15, 0.2) is 23.1 Å². The minimum absolute atomic E-state index is 0.0221. The van der Waals surface area contributed by atoms with Crippen molar-refractivity contribution < 1.29 is 17.9 Å². The van der Waals surface area contributed by atoms with E-state index in [9.17, 15) is 13.2 Å². The van der Waals surface area contributed by atoms with Crippen molar-refractivity contribution in [1.82, 2.24) is 4.72 Å². The summed E-state index contributed by atoms with van der Waals surface area (Å²) in [5, 5.41) is 2.85. The van der Waals surface area contributed by atoms with E-state index in [2.05, 4.69) is 23.9 Å². The van der Waals surface area contributed by atoms with E-state index in [4.69, 9.17) is 4.74 Å². The first-order valence-electron chi connectivity index (χ1n) is 8.72. The Morgan fingerprint density at radius 2 is 2.04 bits per heavy atom. The molecule has 0 radical (unpaired) electrons. The maximum atomic E-state index is 12.5. The summed E-state index contributed by atoms with van der Waals surface area (Å²) in [6.45, 7) is 6.58. The molecule has 1 amide bonds. The largest absolute Gasteiger partial charge is 0.377 e. The number of benzene rings is 1. The van der Waals surface area contributed by atoms with Gasteiger partial charge in [0.1, 0.15) is 0 Å². The van der Waals surface area contributed by atoms with Crippen molar-refractivity contribution in [3.05, 3.63) is 23.8 Å². The molecule has 1 aliphatic heterocycles. The van der Waals surface area contributed by atoms with Crippen LogP contribution in [-0.4, -0.2) is 33.1 Å². The first-order chi connectivity index (χ1) is 11.7. The fraction of sp³-hybridized carbons (Fsp3) is 0.611. The lowest BCUT2D eigenvalue weighted by atomic mass is 9.84. The molecule has 1 heterocycles. The highest BCUT2D eigenvalue weighted by Crippen LogP contribution is 2.36. The van der Waals surface area contributed by atoms with Crippen LogP contribution in [0.1, 0.15) is 45.1 Å².